The van der Waals surface area contributed by atoms with Gasteiger partial charge in [0, 0.05) is 42.0 Å². The van der Waals surface area contributed by atoms with Crippen molar-refractivity contribution < 1.29 is 27.1 Å². The first-order valence-corrected chi connectivity index (χ1v) is 10.1. The molecule has 2 aromatic rings. The number of halogens is 4. The Kier molecular flexibility index (Phi) is 7.94. The predicted octanol–water partition coefficient (Wildman–Crippen LogP) is 4.48. The summed E-state index contributed by atoms with van der Waals surface area (Å²) in [5.74, 6) is -1.40. The number of ether oxygens (including phenoxy) is 1. The van der Waals surface area contributed by atoms with Crippen molar-refractivity contribution in [3.8, 4) is 0 Å². The van der Waals surface area contributed by atoms with Crippen LogP contribution in [0.4, 0.5) is 23.2 Å². The first kappa shape index (κ1) is 24.1. The minimum absolute atomic E-state index is 0.116. The van der Waals surface area contributed by atoms with E-state index in [4.69, 9.17) is 5.73 Å². The topological polar surface area (TPSA) is 89.6 Å². The summed E-state index contributed by atoms with van der Waals surface area (Å²) in [4.78, 5) is 20.8. The van der Waals surface area contributed by atoms with Gasteiger partial charge in [-0.3, -0.25) is 14.8 Å². The predicted molar refractivity (Wildman–Crippen MR) is 118 cm³/mol. The molecule has 1 saturated carbocycles. The van der Waals surface area contributed by atoms with E-state index >= 15 is 0 Å². The third kappa shape index (κ3) is 7.83. The van der Waals surface area contributed by atoms with Crippen LogP contribution in [0.25, 0.3) is 11.6 Å². The van der Waals surface area contributed by atoms with Crippen LogP contribution in [0.2, 0.25) is 0 Å². The lowest BCUT2D eigenvalue weighted by Crippen LogP contribution is -2.16. The molecule has 0 radical (unpaired) electrons. The largest absolute Gasteiger partial charge is 0.411 e. The Labute approximate surface area is 187 Å². The van der Waals surface area contributed by atoms with Gasteiger partial charge in [-0.15, -0.1) is 0 Å². The van der Waals surface area contributed by atoms with Gasteiger partial charge in [0.15, 0.2) is 0 Å². The molecular formula is C23H22F4N4O2. The number of pyridine rings is 1. The minimum Gasteiger partial charge on any atom is -0.404 e. The van der Waals surface area contributed by atoms with E-state index in [1.54, 1.807) is 24.7 Å². The molecule has 174 valence electrons. The van der Waals surface area contributed by atoms with Crippen molar-refractivity contribution in [2.45, 2.75) is 31.7 Å². The summed E-state index contributed by atoms with van der Waals surface area (Å²) in [6, 6.07) is 5.70. The number of nitrogens with one attached hydrogen (secondary N) is 1. The lowest BCUT2D eigenvalue weighted by molar-refractivity contribution is -0.176. The third-order valence-corrected chi connectivity index (χ3v) is 4.55. The van der Waals surface area contributed by atoms with Crippen LogP contribution in [0, 0.1) is 5.82 Å². The molecule has 0 saturated heterocycles. The number of carbonyl (C=O) groups is 1. The highest BCUT2D eigenvalue weighted by molar-refractivity contribution is 6.11. The lowest BCUT2D eigenvalue weighted by atomic mass is 10.0. The number of nitrogens with two attached hydrogens (primary N) is 1. The summed E-state index contributed by atoms with van der Waals surface area (Å²) in [5.41, 5.74) is 7.85. The number of amides is 1. The van der Waals surface area contributed by atoms with Crippen molar-refractivity contribution in [2.75, 3.05) is 11.9 Å². The summed E-state index contributed by atoms with van der Waals surface area (Å²) in [6.07, 6.45) is 6.65. The zero-order valence-electron chi connectivity index (χ0n) is 17.5. The van der Waals surface area contributed by atoms with Gasteiger partial charge in [0.05, 0.1) is 18.3 Å². The monoisotopic (exact) mass is 462 g/mol. The van der Waals surface area contributed by atoms with Gasteiger partial charge in [-0.25, -0.2) is 4.39 Å². The van der Waals surface area contributed by atoms with E-state index in [2.05, 4.69) is 20.0 Å². The zero-order chi connectivity index (χ0) is 23.8. The Bertz CT molecular complexity index is 1080. The van der Waals surface area contributed by atoms with E-state index in [9.17, 15) is 22.4 Å². The molecule has 1 amide bonds. The van der Waals surface area contributed by atoms with E-state index in [1.165, 1.54) is 30.5 Å². The van der Waals surface area contributed by atoms with Gasteiger partial charge < -0.3 is 15.8 Å². The summed E-state index contributed by atoms with van der Waals surface area (Å²) < 4.78 is 55.1. The van der Waals surface area contributed by atoms with Gasteiger partial charge in [0.1, 0.15) is 12.4 Å². The molecule has 10 heteroatoms. The van der Waals surface area contributed by atoms with Crippen molar-refractivity contribution >= 4 is 29.5 Å². The average Bonchev–Trinajstić information content (AvgIpc) is 3.59. The van der Waals surface area contributed by atoms with E-state index in [1.807, 2.05) is 0 Å². The van der Waals surface area contributed by atoms with E-state index in [-0.39, 0.29) is 11.3 Å². The highest BCUT2D eigenvalue weighted by Crippen LogP contribution is 2.25. The molecule has 0 bridgehead atoms. The van der Waals surface area contributed by atoms with Crippen LogP contribution in [0.1, 0.15) is 29.5 Å². The van der Waals surface area contributed by atoms with Crippen molar-refractivity contribution in [2.24, 2.45) is 10.7 Å². The van der Waals surface area contributed by atoms with Crippen LogP contribution in [-0.4, -0.2) is 35.9 Å². The molecule has 0 aliphatic heterocycles. The molecule has 1 aromatic heterocycles. The number of nitrogens with zero attached hydrogens (tertiary/aromatic N) is 2. The number of carbonyl (C=O) groups excluding carboxylic acids is 1. The van der Waals surface area contributed by atoms with Crippen LogP contribution < -0.4 is 11.1 Å². The van der Waals surface area contributed by atoms with Crippen molar-refractivity contribution in [1.29, 1.82) is 0 Å². The van der Waals surface area contributed by atoms with Gasteiger partial charge >= 0.3 is 6.18 Å². The van der Waals surface area contributed by atoms with Crippen LogP contribution in [0.3, 0.4) is 0 Å². The van der Waals surface area contributed by atoms with E-state index in [0.717, 1.165) is 24.5 Å². The first-order valence-electron chi connectivity index (χ1n) is 10.1. The molecule has 1 aromatic carbocycles. The molecule has 0 atom stereocenters. The number of hydrogen-bond acceptors (Lipinski definition) is 5. The van der Waals surface area contributed by atoms with Crippen LogP contribution in [0.15, 0.2) is 53.9 Å². The van der Waals surface area contributed by atoms with Gasteiger partial charge in [-0.1, -0.05) is 6.07 Å². The number of benzene rings is 1. The van der Waals surface area contributed by atoms with Crippen LogP contribution in [0.5, 0.6) is 0 Å². The molecule has 1 aliphatic rings. The minimum atomic E-state index is -4.46. The highest BCUT2D eigenvalue weighted by Gasteiger charge is 2.27. The quantitative estimate of drug-likeness (QED) is 0.327. The number of anilines is 1. The maximum Gasteiger partial charge on any atom is 0.411 e. The van der Waals surface area contributed by atoms with Gasteiger partial charge in [0.2, 0.25) is 5.91 Å². The fourth-order valence-corrected chi connectivity index (χ4v) is 2.79. The lowest BCUT2D eigenvalue weighted by Gasteiger charge is -2.09. The second-order valence-electron chi connectivity index (χ2n) is 7.34. The molecule has 3 N–H and O–H groups in total. The number of allylic oxidation sites excluding steroid dienone is 1. The second kappa shape index (κ2) is 10.9. The summed E-state index contributed by atoms with van der Waals surface area (Å²) in [5, 5.41) is 2.39. The summed E-state index contributed by atoms with van der Waals surface area (Å²) >= 11 is 0. The molecule has 6 nitrogen and oxygen atoms in total. The van der Waals surface area contributed by atoms with E-state index in [0.29, 0.717) is 17.2 Å². The smallest absolute Gasteiger partial charge is 0.404 e. The standard InChI is InChI=1S/C23H22F4N4O2/c24-20-9-15(13-33-14-23(25,26)27)1-5-21(20)31-22(32)6-2-16-11-29-8-7-19(16)17(10-28)12-30-18-3-4-18/h1-2,5-12,18H,3-4,13-14,28H2,(H,31,32)/b6-2+,17-10?,30-12?. The van der Waals surface area contributed by atoms with Gasteiger partial charge in [-0.05, 0) is 48.2 Å². The molecule has 0 unspecified atom stereocenters. The molecular weight excluding hydrogens is 440 g/mol. The Morgan fingerprint density at radius 1 is 1.30 bits per heavy atom. The van der Waals surface area contributed by atoms with Crippen LogP contribution >= 0.6 is 0 Å². The molecule has 1 aliphatic carbocycles. The normalized spacial score (nSPS) is 14.8. The Hall–Kier alpha value is -3.53. The van der Waals surface area contributed by atoms with Gasteiger partial charge in [-0.2, -0.15) is 13.2 Å². The average molecular weight is 462 g/mol. The van der Waals surface area contributed by atoms with E-state index < -0.39 is 31.1 Å². The second-order valence-corrected chi connectivity index (χ2v) is 7.34. The van der Waals surface area contributed by atoms with Crippen LogP contribution in [-0.2, 0) is 16.1 Å². The fourth-order valence-electron chi connectivity index (χ4n) is 2.79. The maximum absolute atomic E-state index is 14.2. The zero-order valence-corrected chi connectivity index (χ0v) is 17.5. The first-order chi connectivity index (χ1) is 15.7. The highest BCUT2D eigenvalue weighted by atomic mass is 19.4. The molecule has 0 spiro atoms. The molecule has 1 heterocycles. The molecule has 33 heavy (non-hydrogen) atoms. The van der Waals surface area contributed by atoms with Crippen molar-refractivity contribution in [3.05, 3.63) is 71.4 Å². The van der Waals surface area contributed by atoms with Gasteiger partial charge in [0.25, 0.3) is 0 Å². The Morgan fingerprint density at radius 3 is 2.76 bits per heavy atom. The molecule has 3 rings (SSSR count). The number of rotatable bonds is 9. The maximum atomic E-state index is 14.2. The molecule has 1 fully saturated rings. The van der Waals surface area contributed by atoms with Crippen molar-refractivity contribution in [3.63, 3.8) is 0 Å². The third-order valence-electron chi connectivity index (χ3n) is 4.55. The fraction of sp³-hybridized carbons (Fsp3) is 0.261. The SMILES string of the molecule is NC=C(C=NC1CC1)c1ccncc1/C=C/C(=O)Nc1ccc(COCC(F)(F)F)cc1F. The number of aromatic nitrogens is 1. The Morgan fingerprint density at radius 2 is 2.09 bits per heavy atom. The summed E-state index contributed by atoms with van der Waals surface area (Å²) in [6.45, 7) is -1.84. The number of hydrogen-bond donors (Lipinski definition) is 2. The number of aliphatic imine (C=N–C) groups is 1. The summed E-state index contributed by atoms with van der Waals surface area (Å²) in [7, 11) is 0. The Balaban J connectivity index is 1.63. The van der Waals surface area contributed by atoms with Crippen molar-refractivity contribution in [1.82, 2.24) is 4.98 Å². The number of alkyl halides is 3.